The molecule has 2 heterocycles. The molecule has 2 N–H and O–H groups in total. The SMILES string of the molecule is CCCn1ncnc1[C@H](C)NC(=O)Cc1c(C)[nH]c2c(F)cccc12. The van der Waals surface area contributed by atoms with Crippen molar-refractivity contribution in [3.05, 3.63) is 47.4 Å². The summed E-state index contributed by atoms with van der Waals surface area (Å²) in [6, 6.07) is 4.64. The van der Waals surface area contributed by atoms with E-state index in [2.05, 4.69) is 27.3 Å². The molecule has 0 fully saturated rings. The average Bonchev–Trinajstić information content (AvgIpc) is 3.14. The van der Waals surface area contributed by atoms with E-state index in [1.54, 1.807) is 10.7 Å². The third kappa shape index (κ3) is 3.40. The van der Waals surface area contributed by atoms with E-state index in [4.69, 9.17) is 0 Å². The second-order valence-corrected chi connectivity index (χ2v) is 6.20. The summed E-state index contributed by atoms with van der Waals surface area (Å²) in [7, 11) is 0. The van der Waals surface area contributed by atoms with Crippen molar-refractivity contribution in [2.24, 2.45) is 0 Å². The Hall–Kier alpha value is -2.70. The summed E-state index contributed by atoms with van der Waals surface area (Å²) in [6.07, 6.45) is 2.62. The Labute approximate surface area is 145 Å². The van der Waals surface area contributed by atoms with Crippen LogP contribution in [-0.2, 0) is 17.8 Å². The highest BCUT2D eigenvalue weighted by Crippen LogP contribution is 2.24. The lowest BCUT2D eigenvalue weighted by Crippen LogP contribution is -2.30. The Morgan fingerprint density at radius 1 is 1.44 bits per heavy atom. The molecule has 132 valence electrons. The van der Waals surface area contributed by atoms with Crippen LogP contribution in [0.4, 0.5) is 4.39 Å². The van der Waals surface area contributed by atoms with E-state index in [0.717, 1.165) is 35.4 Å². The van der Waals surface area contributed by atoms with E-state index in [1.165, 1.54) is 12.4 Å². The van der Waals surface area contributed by atoms with Gasteiger partial charge >= 0.3 is 0 Å². The number of carbonyl (C=O) groups is 1. The predicted octanol–water partition coefficient (Wildman–Crippen LogP) is 3.04. The summed E-state index contributed by atoms with van der Waals surface area (Å²) in [6.45, 7) is 6.56. The molecule has 0 aliphatic rings. The van der Waals surface area contributed by atoms with Gasteiger partial charge in [0.2, 0.25) is 5.91 Å². The third-order valence-electron chi connectivity index (χ3n) is 4.29. The molecule has 0 saturated carbocycles. The van der Waals surface area contributed by atoms with Gasteiger partial charge in [0.15, 0.2) is 0 Å². The summed E-state index contributed by atoms with van der Waals surface area (Å²) in [5, 5.41) is 7.88. The molecule has 1 atom stereocenters. The first-order valence-corrected chi connectivity index (χ1v) is 8.44. The van der Waals surface area contributed by atoms with Gasteiger partial charge in [-0.05, 0) is 31.9 Å². The van der Waals surface area contributed by atoms with Crippen molar-refractivity contribution in [2.45, 2.75) is 46.2 Å². The maximum Gasteiger partial charge on any atom is 0.225 e. The number of aryl methyl sites for hydroxylation is 2. The molecule has 1 amide bonds. The Morgan fingerprint density at radius 3 is 3.00 bits per heavy atom. The first-order chi connectivity index (χ1) is 12.0. The Balaban J connectivity index is 1.76. The van der Waals surface area contributed by atoms with Crippen LogP contribution < -0.4 is 5.32 Å². The van der Waals surface area contributed by atoms with Crippen LogP contribution in [0, 0.1) is 12.7 Å². The molecule has 0 radical (unpaired) electrons. The van der Waals surface area contributed by atoms with Crippen LogP contribution >= 0.6 is 0 Å². The van der Waals surface area contributed by atoms with Crippen molar-refractivity contribution in [3.63, 3.8) is 0 Å². The predicted molar refractivity (Wildman–Crippen MR) is 93.6 cm³/mol. The van der Waals surface area contributed by atoms with E-state index in [-0.39, 0.29) is 24.2 Å². The van der Waals surface area contributed by atoms with Crippen molar-refractivity contribution in [3.8, 4) is 0 Å². The van der Waals surface area contributed by atoms with Crippen LogP contribution in [-0.4, -0.2) is 25.7 Å². The highest BCUT2D eigenvalue weighted by atomic mass is 19.1. The summed E-state index contributed by atoms with van der Waals surface area (Å²) in [5.41, 5.74) is 2.06. The first-order valence-electron chi connectivity index (χ1n) is 8.44. The lowest BCUT2D eigenvalue weighted by Gasteiger charge is -2.14. The number of aromatic amines is 1. The number of rotatable bonds is 6. The van der Waals surface area contributed by atoms with Gasteiger partial charge in [-0.1, -0.05) is 19.1 Å². The molecule has 0 saturated heterocycles. The fourth-order valence-electron chi connectivity index (χ4n) is 3.11. The van der Waals surface area contributed by atoms with Gasteiger partial charge in [-0.25, -0.2) is 14.1 Å². The largest absolute Gasteiger partial charge is 0.356 e. The summed E-state index contributed by atoms with van der Waals surface area (Å²) < 4.78 is 15.7. The van der Waals surface area contributed by atoms with Crippen LogP contribution in [0.15, 0.2) is 24.5 Å². The zero-order valence-electron chi connectivity index (χ0n) is 14.6. The second kappa shape index (κ2) is 7.04. The third-order valence-corrected chi connectivity index (χ3v) is 4.29. The van der Waals surface area contributed by atoms with Gasteiger partial charge in [-0.2, -0.15) is 5.10 Å². The van der Waals surface area contributed by atoms with Gasteiger partial charge in [0.1, 0.15) is 18.0 Å². The minimum atomic E-state index is -0.312. The Kier molecular flexibility index (Phi) is 4.83. The highest BCUT2D eigenvalue weighted by Gasteiger charge is 2.18. The number of amides is 1. The number of halogens is 1. The van der Waals surface area contributed by atoms with Crippen LogP contribution in [0.25, 0.3) is 10.9 Å². The zero-order valence-corrected chi connectivity index (χ0v) is 14.6. The molecule has 0 aliphatic carbocycles. The van der Waals surface area contributed by atoms with Crippen molar-refractivity contribution < 1.29 is 9.18 Å². The second-order valence-electron chi connectivity index (χ2n) is 6.20. The van der Waals surface area contributed by atoms with Gasteiger partial charge < -0.3 is 10.3 Å². The monoisotopic (exact) mass is 343 g/mol. The van der Waals surface area contributed by atoms with Gasteiger partial charge in [0.05, 0.1) is 18.0 Å². The molecule has 1 aromatic carbocycles. The molecule has 0 spiro atoms. The molecule has 3 aromatic rings. The number of carbonyl (C=O) groups excluding carboxylic acids is 1. The topological polar surface area (TPSA) is 75.6 Å². The van der Waals surface area contributed by atoms with E-state index in [1.807, 2.05) is 19.9 Å². The van der Waals surface area contributed by atoms with Crippen LogP contribution in [0.5, 0.6) is 0 Å². The van der Waals surface area contributed by atoms with Gasteiger partial charge in [0, 0.05) is 17.6 Å². The molecule has 0 bridgehead atoms. The number of H-pyrrole nitrogens is 1. The molecular weight excluding hydrogens is 321 g/mol. The summed E-state index contributed by atoms with van der Waals surface area (Å²) in [5.74, 6) is 0.289. The zero-order chi connectivity index (χ0) is 18.0. The fraction of sp³-hybridized carbons (Fsp3) is 0.389. The van der Waals surface area contributed by atoms with Gasteiger partial charge in [-0.3, -0.25) is 4.79 Å². The van der Waals surface area contributed by atoms with Crippen molar-refractivity contribution in [1.29, 1.82) is 0 Å². The number of hydrogen-bond donors (Lipinski definition) is 2. The van der Waals surface area contributed by atoms with E-state index >= 15 is 0 Å². The first kappa shape index (κ1) is 17.1. The van der Waals surface area contributed by atoms with E-state index in [9.17, 15) is 9.18 Å². The summed E-state index contributed by atoms with van der Waals surface area (Å²) in [4.78, 5) is 19.8. The fourth-order valence-corrected chi connectivity index (χ4v) is 3.11. The molecule has 25 heavy (non-hydrogen) atoms. The Bertz CT molecular complexity index is 898. The molecule has 3 rings (SSSR count). The number of hydrogen-bond acceptors (Lipinski definition) is 3. The summed E-state index contributed by atoms with van der Waals surface area (Å²) >= 11 is 0. The average molecular weight is 343 g/mol. The lowest BCUT2D eigenvalue weighted by atomic mass is 10.1. The normalized spacial score (nSPS) is 12.5. The van der Waals surface area contributed by atoms with Gasteiger partial charge in [-0.15, -0.1) is 0 Å². The molecule has 7 heteroatoms. The minimum Gasteiger partial charge on any atom is -0.356 e. The molecule has 2 aromatic heterocycles. The maximum absolute atomic E-state index is 13.9. The van der Waals surface area contributed by atoms with Crippen molar-refractivity contribution >= 4 is 16.8 Å². The van der Waals surface area contributed by atoms with Crippen LogP contribution in [0.3, 0.4) is 0 Å². The highest BCUT2D eigenvalue weighted by molar-refractivity contribution is 5.90. The number of aromatic nitrogens is 4. The van der Waals surface area contributed by atoms with Crippen molar-refractivity contribution in [1.82, 2.24) is 25.1 Å². The lowest BCUT2D eigenvalue weighted by molar-refractivity contribution is -0.121. The van der Waals surface area contributed by atoms with E-state index in [0.29, 0.717) is 5.52 Å². The number of benzene rings is 1. The standard InChI is InChI=1S/C18H22FN5O/c1-4-8-24-18(20-10-21-24)12(3)22-16(25)9-14-11(2)23-17-13(14)6-5-7-15(17)19/h5-7,10,12,23H,4,8-9H2,1-3H3,(H,22,25)/t12-/m0/s1. The smallest absolute Gasteiger partial charge is 0.225 e. The van der Waals surface area contributed by atoms with Gasteiger partial charge in [0.25, 0.3) is 0 Å². The molecule has 0 aliphatic heterocycles. The molecular formula is C18H22FN5O. The number of nitrogens with zero attached hydrogens (tertiary/aromatic N) is 3. The minimum absolute atomic E-state index is 0.133. The van der Waals surface area contributed by atoms with Crippen molar-refractivity contribution in [2.75, 3.05) is 0 Å². The maximum atomic E-state index is 13.9. The quantitative estimate of drug-likeness (QED) is 0.722. The van der Waals surface area contributed by atoms with Crippen LogP contribution in [0.2, 0.25) is 0 Å². The number of para-hydroxylation sites is 1. The van der Waals surface area contributed by atoms with E-state index < -0.39 is 0 Å². The number of nitrogens with one attached hydrogen (secondary N) is 2. The molecule has 6 nitrogen and oxygen atoms in total. The number of fused-ring (bicyclic) bond motifs is 1. The molecule has 0 unspecified atom stereocenters. The van der Waals surface area contributed by atoms with Crippen LogP contribution in [0.1, 0.15) is 43.4 Å². The Morgan fingerprint density at radius 2 is 2.24 bits per heavy atom.